The zero-order valence-corrected chi connectivity index (χ0v) is 9.77. The molecule has 86 valence electrons. The van der Waals surface area contributed by atoms with Crippen molar-refractivity contribution in [1.29, 1.82) is 0 Å². The van der Waals surface area contributed by atoms with Crippen molar-refractivity contribution in [3.05, 3.63) is 12.7 Å². The van der Waals surface area contributed by atoms with Crippen molar-refractivity contribution in [2.45, 2.75) is 32.9 Å². The van der Waals surface area contributed by atoms with Gasteiger partial charge in [0.05, 0.1) is 6.04 Å². The summed E-state index contributed by atoms with van der Waals surface area (Å²) >= 11 is 0. The fourth-order valence-electron chi connectivity index (χ4n) is 1.34. The summed E-state index contributed by atoms with van der Waals surface area (Å²) in [5.74, 6) is 0. The summed E-state index contributed by atoms with van der Waals surface area (Å²) in [6.07, 6.45) is 3.32. The smallest absolute Gasteiger partial charge is 0.137 e. The third-order valence-electron chi connectivity index (χ3n) is 2.35. The van der Waals surface area contributed by atoms with Crippen LogP contribution in [0.25, 0.3) is 0 Å². The van der Waals surface area contributed by atoms with Crippen LogP contribution < -0.4 is 10.6 Å². The van der Waals surface area contributed by atoms with E-state index in [1.54, 1.807) is 12.7 Å². The van der Waals surface area contributed by atoms with Gasteiger partial charge < -0.3 is 10.6 Å². The third-order valence-corrected chi connectivity index (χ3v) is 2.35. The first-order chi connectivity index (χ1) is 7.24. The quantitative estimate of drug-likeness (QED) is 0.686. The molecule has 0 fully saturated rings. The molecule has 0 aliphatic carbocycles. The molecule has 0 amide bonds. The van der Waals surface area contributed by atoms with Gasteiger partial charge in [-0.2, -0.15) is 5.10 Å². The third kappa shape index (κ3) is 4.40. The standard InChI is InChI=1S/C10H21N5/c1-4-11-5-9(2)13-6-10(3)15-8-12-7-14-15/h7-11,13H,4-6H2,1-3H3. The van der Waals surface area contributed by atoms with Gasteiger partial charge in [0.25, 0.3) is 0 Å². The molecule has 1 aromatic heterocycles. The molecule has 1 rings (SSSR count). The summed E-state index contributed by atoms with van der Waals surface area (Å²) in [4.78, 5) is 3.93. The van der Waals surface area contributed by atoms with Gasteiger partial charge in [-0.1, -0.05) is 6.92 Å². The lowest BCUT2D eigenvalue weighted by Crippen LogP contribution is -2.38. The predicted molar refractivity (Wildman–Crippen MR) is 60.7 cm³/mol. The van der Waals surface area contributed by atoms with Crippen LogP contribution in [-0.2, 0) is 0 Å². The molecule has 0 aliphatic heterocycles. The predicted octanol–water partition coefficient (Wildman–Crippen LogP) is 0.427. The van der Waals surface area contributed by atoms with Gasteiger partial charge in [-0.3, -0.25) is 0 Å². The highest BCUT2D eigenvalue weighted by molar-refractivity contribution is 4.70. The Morgan fingerprint density at radius 3 is 2.73 bits per heavy atom. The Kier molecular flexibility index (Phi) is 5.28. The Balaban J connectivity index is 2.19. The molecule has 0 aromatic carbocycles. The molecule has 0 saturated carbocycles. The Bertz CT molecular complexity index is 246. The van der Waals surface area contributed by atoms with Crippen molar-refractivity contribution in [2.75, 3.05) is 19.6 Å². The molecule has 0 spiro atoms. The lowest BCUT2D eigenvalue weighted by molar-refractivity contribution is 0.414. The number of rotatable bonds is 7. The maximum absolute atomic E-state index is 4.11. The number of nitrogens with one attached hydrogen (secondary N) is 2. The number of hydrogen-bond acceptors (Lipinski definition) is 4. The Labute approximate surface area is 91.3 Å². The van der Waals surface area contributed by atoms with Gasteiger partial charge >= 0.3 is 0 Å². The summed E-state index contributed by atoms with van der Waals surface area (Å²) < 4.78 is 1.87. The van der Waals surface area contributed by atoms with Gasteiger partial charge in [-0.05, 0) is 20.4 Å². The molecule has 2 atom stereocenters. The monoisotopic (exact) mass is 211 g/mol. The second kappa shape index (κ2) is 6.53. The molecule has 5 nitrogen and oxygen atoms in total. The van der Waals surface area contributed by atoms with Crippen LogP contribution in [0, 0.1) is 0 Å². The first-order valence-corrected chi connectivity index (χ1v) is 5.52. The van der Waals surface area contributed by atoms with E-state index in [9.17, 15) is 0 Å². The van der Waals surface area contributed by atoms with Crippen molar-refractivity contribution in [3.8, 4) is 0 Å². The van der Waals surface area contributed by atoms with Crippen molar-refractivity contribution in [1.82, 2.24) is 25.4 Å². The fourth-order valence-corrected chi connectivity index (χ4v) is 1.34. The van der Waals surface area contributed by atoms with E-state index in [1.807, 2.05) is 4.68 Å². The van der Waals surface area contributed by atoms with Crippen molar-refractivity contribution < 1.29 is 0 Å². The maximum Gasteiger partial charge on any atom is 0.137 e. The van der Waals surface area contributed by atoms with E-state index in [0.29, 0.717) is 12.1 Å². The Morgan fingerprint density at radius 1 is 1.33 bits per heavy atom. The molecule has 1 aromatic rings. The van der Waals surface area contributed by atoms with Crippen molar-refractivity contribution in [2.24, 2.45) is 0 Å². The van der Waals surface area contributed by atoms with Crippen LogP contribution in [0.15, 0.2) is 12.7 Å². The summed E-state index contributed by atoms with van der Waals surface area (Å²) in [6.45, 7) is 9.35. The molecule has 0 aliphatic rings. The normalized spacial score (nSPS) is 15.1. The van der Waals surface area contributed by atoms with E-state index in [2.05, 4.69) is 41.5 Å². The first kappa shape index (κ1) is 12.1. The maximum atomic E-state index is 4.11. The van der Waals surface area contributed by atoms with Gasteiger partial charge in [0.15, 0.2) is 0 Å². The molecule has 2 unspecified atom stereocenters. The van der Waals surface area contributed by atoms with Crippen LogP contribution in [0.2, 0.25) is 0 Å². The summed E-state index contributed by atoms with van der Waals surface area (Å²) in [7, 11) is 0. The van der Waals surface area contributed by atoms with Crippen molar-refractivity contribution >= 4 is 0 Å². The molecule has 5 heteroatoms. The largest absolute Gasteiger partial charge is 0.315 e. The Morgan fingerprint density at radius 2 is 2.13 bits per heavy atom. The van der Waals surface area contributed by atoms with Gasteiger partial charge in [0, 0.05) is 19.1 Å². The van der Waals surface area contributed by atoms with Gasteiger partial charge in [-0.25, -0.2) is 9.67 Å². The van der Waals surface area contributed by atoms with Crippen LogP contribution in [-0.4, -0.2) is 40.4 Å². The molecule has 0 bridgehead atoms. The minimum atomic E-state index is 0.344. The second-order valence-electron chi connectivity index (χ2n) is 3.84. The van der Waals surface area contributed by atoms with E-state index in [1.165, 1.54) is 0 Å². The van der Waals surface area contributed by atoms with Crippen LogP contribution in [0.5, 0.6) is 0 Å². The van der Waals surface area contributed by atoms with Gasteiger partial charge in [0.1, 0.15) is 12.7 Å². The van der Waals surface area contributed by atoms with E-state index >= 15 is 0 Å². The zero-order chi connectivity index (χ0) is 11.1. The lowest BCUT2D eigenvalue weighted by Gasteiger charge is -2.17. The average molecular weight is 211 g/mol. The highest BCUT2D eigenvalue weighted by Crippen LogP contribution is 1.99. The van der Waals surface area contributed by atoms with Crippen LogP contribution in [0.4, 0.5) is 0 Å². The molecule has 0 saturated heterocycles. The molecular formula is C10H21N5. The van der Waals surface area contributed by atoms with Gasteiger partial charge in [-0.15, -0.1) is 0 Å². The fraction of sp³-hybridized carbons (Fsp3) is 0.800. The van der Waals surface area contributed by atoms with Crippen LogP contribution in [0.3, 0.4) is 0 Å². The number of likely N-dealkylation sites (N-methyl/N-ethyl adjacent to an activating group) is 1. The highest BCUT2D eigenvalue weighted by atomic mass is 15.3. The van der Waals surface area contributed by atoms with E-state index in [4.69, 9.17) is 0 Å². The van der Waals surface area contributed by atoms with Crippen LogP contribution in [0.1, 0.15) is 26.8 Å². The average Bonchev–Trinajstić information content (AvgIpc) is 2.76. The minimum Gasteiger partial charge on any atom is -0.315 e. The summed E-state index contributed by atoms with van der Waals surface area (Å²) in [6, 6.07) is 0.826. The van der Waals surface area contributed by atoms with E-state index in [-0.39, 0.29) is 0 Å². The minimum absolute atomic E-state index is 0.344. The topological polar surface area (TPSA) is 54.8 Å². The van der Waals surface area contributed by atoms with Gasteiger partial charge in [0.2, 0.25) is 0 Å². The molecule has 0 radical (unpaired) electrons. The molecule has 1 heterocycles. The highest BCUT2D eigenvalue weighted by Gasteiger charge is 2.06. The molecule has 15 heavy (non-hydrogen) atoms. The summed E-state index contributed by atoms with van der Waals surface area (Å²) in [5.41, 5.74) is 0. The van der Waals surface area contributed by atoms with Crippen LogP contribution >= 0.6 is 0 Å². The number of hydrogen-bond donors (Lipinski definition) is 2. The first-order valence-electron chi connectivity index (χ1n) is 5.52. The zero-order valence-electron chi connectivity index (χ0n) is 9.77. The second-order valence-corrected chi connectivity index (χ2v) is 3.84. The molecular weight excluding hydrogens is 190 g/mol. The van der Waals surface area contributed by atoms with E-state index in [0.717, 1.165) is 19.6 Å². The van der Waals surface area contributed by atoms with E-state index < -0.39 is 0 Å². The lowest BCUT2D eigenvalue weighted by atomic mass is 10.3. The SMILES string of the molecule is CCNCC(C)NCC(C)n1cncn1. The summed E-state index contributed by atoms with van der Waals surface area (Å²) in [5, 5.41) is 10.9. The number of aromatic nitrogens is 3. The Hall–Kier alpha value is -0.940. The van der Waals surface area contributed by atoms with Crippen molar-refractivity contribution in [3.63, 3.8) is 0 Å². The number of nitrogens with zero attached hydrogens (tertiary/aromatic N) is 3. The molecule has 2 N–H and O–H groups in total.